The summed E-state index contributed by atoms with van der Waals surface area (Å²) in [5.41, 5.74) is 1.31. The molecule has 6 heteroatoms. The van der Waals surface area contributed by atoms with E-state index in [1.165, 1.54) is 6.07 Å². The Morgan fingerprint density at radius 1 is 1.12 bits per heavy atom. The number of benzene rings is 2. The van der Waals surface area contributed by atoms with Gasteiger partial charge in [-0.15, -0.1) is 0 Å². The number of carbonyl (C=O) groups is 1. The summed E-state index contributed by atoms with van der Waals surface area (Å²) in [7, 11) is 0. The zero-order valence-electron chi connectivity index (χ0n) is 13.3. The van der Waals surface area contributed by atoms with Gasteiger partial charge in [-0.2, -0.15) is 0 Å². The topological polar surface area (TPSA) is 44.1 Å². The van der Waals surface area contributed by atoms with Crippen molar-refractivity contribution in [3.8, 4) is 0 Å². The van der Waals surface area contributed by atoms with Crippen LogP contribution in [0.3, 0.4) is 0 Å². The number of esters is 1. The number of ether oxygens (including phenoxy) is 1. The van der Waals surface area contributed by atoms with Gasteiger partial charge in [0.25, 0.3) is 0 Å². The molecule has 1 aromatic heterocycles. The highest BCUT2D eigenvalue weighted by atomic mass is 35.5. The van der Waals surface area contributed by atoms with Crippen LogP contribution < -0.4 is 0 Å². The molecule has 2 aromatic carbocycles. The van der Waals surface area contributed by atoms with Crippen LogP contribution in [0.15, 0.2) is 67.3 Å². The Hall–Kier alpha value is -2.30. The monoisotopic (exact) mass is 374 g/mol. The van der Waals surface area contributed by atoms with Crippen LogP contribution in [-0.4, -0.2) is 15.5 Å². The van der Waals surface area contributed by atoms with E-state index in [1.54, 1.807) is 24.7 Å². The second-order valence-corrected chi connectivity index (χ2v) is 6.34. The third kappa shape index (κ3) is 4.62. The maximum atomic E-state index is 12.5. The van der Waals surface area contributed by atoms with E-state index in [0.29, 0.717) is 28.6 Å². The second-order valence-electron chi connectivity index (χ2n) is 5.52. The first-order chi connectivity index (χ1) is 12.1. The zero-order valence-corrected chi connectivity index (χ0v) is 14.8. The molecule has 0 aliphatic carbocycles. The number of aryl methyl sites for hydroxylation is 1. The Morgan fingerprint density at radius 2 is 1.92 bits per heavy atom. The van der Waals surface area contributed by atoms with Gasteiger partial charge in [0.05, 0.1) is 21.9 Å². The number of aromatic nitrogens is 2. The molecule has 0 amide bonds. The van der Waals surface area contributed by atoms with Crippen LogP contribution in [0.2, 0.25) is 10.0 Å². The Morgan fingerprint density at radius 3 is 2.60 bits per heavy atom. The lowest BCUT2D eigenvalue weighted by atomic mass is 10.1. The lowest BCUT2D eigenvalue weighted by Crippen LogP contribution is -2.14. The van der Waals surface area contributed by atoms with E-state index < -0.39 is 5.97 Å². The standard InChI is InChI=1S/C19H16Cl2N2O2/c20-16-7-6-15(12-17(16)21)19(24)25-18(14-4-2-1-3-5-14)8-10-23-11-9-22-13-23/h1-7,9,11-13,18H,8,10H2. The predicted octanol–water partition coefficient (Wildman–Crippen LogP) is 5.18. The van der Waals surface area contributed by atoms with Gasteiger partial charge in [-0.3, -0.25) is 0 Å². The molecule has 0 radical (unpaired) electrons. The van der Waals surface area contributed by atoms with E-state index >= 15 is 0 Å². The van der Waals surface area contributed by atoms with E-state index in [2.05, 4.69) is 4.98 Å². The number of hydrogen-bond donors (Lipinski definition) is 0. The molecule has 0 N–H and O–H groups in total. The maximum Gasteiger partial charge on any atom is 0.338 e. The van der Waals surface area contributed by atoms with Crippen LogP contribution in [0.5, 0.6) is 0 Å². The Bertz CT molecular complexity index is 836. The van der Waals surface area contributed by atoms with Crippen LogP contribution in [0.4, 0.5) is 0 Å². The Labute approximate surface area is 156 Å². The number of halogens is 2. The number of rotatable bonds is 6. The summed E-state index contributed by atoms with van der Waals surface area (Å²) in [6, 6.07) is 14.4. The fourth-order valence-electron chi connectivity index (χ4n) is 2.47. The van der Waals surface area contributed by atoms with Gasteiger partial charge in [0.15, 0.2) is 0 Å². The van der Waals surface area contributed by atoms with E-state index in [4.69, 9.17) is 27.9 Å². The predicted molar refractivity (Wildman–Crippen MR) is 97.9 cm³/mol. The smallest absolute Gasteiger partial charge is 0.338 e. The van der Waals surface area contributed by atoms with Crippen molar-refractivity contribution in [2.75, 3.05) is 0 Å². The van der Waals surface area contributed by atoms with Crippen molar-refractivity contribution >= 4 is 29.2 Å². The quantitative estimate of drug-likeness (QED) is 0.558. The van der Waals surface area contributed by atoms with Crippen molar-refractivity contribution in [1.29, 1.82) is 0 Å². The van der Waals surface area contributed by atoms with Crippen LogP contribution >= 0.6 is 23.2 Å². The van der Waals surface area contributed by atoms with Gasteiger partial charge in [-0.05, 0) is 23.8 Å². The van der Waals surface area contributed by atoms with Crippen LogP contribution in [-0.2, 0) is 11.3 Å². The van der Waals surface area contributed by atoms with Gasteiger partial charge in [0.1, 0.15) is 6.10 Å². The minimum Gasteiger partial charge on any atom is -0.454 e. The number of imidazole rings is 1. The third-order valence-corrected chi connectivity index (χ3v) is 4.52. The van der Waals surface area contributed by atoms with Crippen molar-refractivity contribution in [2.45, 2.75) is 19.1 Å². The lowest BCUT2D eigenvalue weighted by Gasteiger charge is -2.19. The Kier molecular flexibility index (Phi) is 5.74. The van der Waals surface area contributed by atoms with Crippen LogP contribution in [0.25, 0.3) is 0 Å². The molecule has 0 aliphatic rings. The third-order valence-electron chi connectivity index (χ3n) is 3.78. The summed E-state index contributed by atoms with van der Waals surface area (Å²) in [4.78, 5) is 16.5. The maximum absolute atomic E-state index is 12.5. The first kappa shape index (κ1) is 17.5. The van der Waals surface area contributed by atoms with Crippen molar-refractivity contribution in [3.63, 3.8) is 0 Å². The van der Waals surface area contributed by atoms with Crippen molar-refractivity contribution in [3.05, 3.63) is 88.4 Å². The fraction of sp³-hybridized carbons (Fsp3) is 0.158. The molecule has 1 unspecified atom stereocenters. The molecule has 0 saturated carbocycles. The second kappa shape index (κ2) is 8.19. The molecule has 0 spiro atoms. The molecule has 25 heavy (non-hydrogen) atoms. The number of hydrogen-bond acceptors (Lipinski definition) is 3. The highest BCUT2D eigenvalue weighted by Gasteiger charge is 2.18. The minimum absolute atomic E-state index is 0.325. The van der Waals surface area contributed by atoms with Crippen molar-refractivity contribution in [2.24, 2.45) is 0 Å². The number of carbonyl (C=O) groups excluding carboxylic acids is 1. The van der Waals surface area contributed by atoms with Gasteiger partial charge in [0, 0.05) is 25.4 Å². The fourth-order valence-corrected chi connectivity index (χ4v) is 2.77. The van der Waals surface area contributed by atoms with E-state index in [9.17, 15) is 4.79 Å². The molecule has 128 valence electrons. The van der Waals surface area contributed by atoms with E-state index in [1.807, 2.05) is 41.1 Å². The molecule has 0 fully saturated rings. The normalized spacial score (nSPS) is 11.9. The average molecular weight is 375 g/mol. The van der Waals surface area contributed by atoms with Crippen LogP contribution in [0.1, 0.15) is 28.4 Å². The highest BCUT2D eigenvalue weighted by molar-refractivity contribution is 6.42. The first-order valence-electron chi connectivity index (χ1n) is 7.80. The van der Waals surface area contributed by atoms with Gasteiger partial charge >= 0.3 is 5.97 Å². The van der Waals surface area contributed by atoms with Gasteiger partial charge in [-0.25, -0.2) is 9.78 Å². The van der Waals surface area contributed by atoms with Gasteiger partial charge in [-0.1, -0.05) is 53.5 Å². The van der Waals surface area contributed by atoms with Crippen molar-refractivity contribution < 1.29 is 9.53 Å². The summed E-state index contributed by atoms with van der Waals surface area (Å²) < 4.78 is 7.69. The molecule has 1 atom stereocenters. The van der Waals surface area contributed by atoms with E-state index in [-0.39, 0.29) is 6.10 Å². The zero-order chi connectivity index (χ0) is 17.6. The van der Waals surface area contributed by atoms with Gasteiger partial charge < -0.3 is 9.30 Å². The molecule has 4 nitrogen and oxygen atoms in total. The molecule has 3 aromatic rings. The number of nitrogens with zero attached hydrogens (tertiary/aromatic N) is 2. The SMILES string of the molecule is O=C(OC(CCn1ccnc1)c1ccccc1)c1ccc(Cl)c(Cl)c1. The molecule has 0 bridgehead atoms. The summed E-state index contributed by atoms with van der Waals surface area (Å²) in [6.45, 7) is 0.689. The molecule has 0 aliphatic heterocycles. The largest absolute Gasteiger partial charge is 0.454 e. The summed E-state index contributed by atoms with van der Waals surface area (Å²) >= 11 is 11.9. The van der Waals surface area contributed by atoms with Gasteiger partial charge in [0.2, 0.25) is 0 Å². The summed E-state index contributed by atoms with van der Waals surface area (Å²) in [5, 5.41) is 0.726. The molecular formula is C19H16Cl2N2O2. The summed E-state index contributed by atoms with van der Waals surface area (Å²) in [5.74, 6) is -0.432. The molecule has 0 saturated heterocycles. The van der Waals surface area contributed by atoms with Crippen LogP contribution in [0, 0.1) is 0 Å². The lowest BCUT2D eigenvalue weighted by molar-refractivity contribution is 0.0266. The first-order valence-corrected chi connectivity index (χ1v) is 8.56. The summed E-state index contributed by atoms with van der Waals surface area (Å²) in [6.07, 6.45) is 5.60. The molecule has 3 rings (SSSR count). The Balaban J connectivity index is 1.76. The molecular weight excluding hydrogens is 359 g/mol. The molecule has 1 heterocycles. The minimum atomic E-state index is -0.432. The van der Waals surface area contributed by atoms with E-state index in [0.717, 1.165) is 5.56 Å². The average Bonchev–Trinajstić information content (AvgIpc) is 3.15. The van der Waals surface area contributed by atoms with Crippen molar-refractivity contribution in [1.82, 2.24) is 9.55 Å². The highest BCUT2D eigenvalue weighted by Crippen LogP contribution is 2.26.